The number of aryl methyl sites for hydroxylation is 2. The van der Waals surface area contributed by atoms with Crippen molar-refractivity contribution in [3.05, 3.63) is 64.3 Å². The highest BCUT2D eigenvalue weighted by molar-refractivity contribution is 8.27. The van der Waals surface area contributed by atoms with Crippen LogP contribution >= 0.6 is 24.0 Å². The lowest BCUT2D eigenvalue weighted by Gasteiger charge is -2.17. The summed E-state index contributed by atoms with van der Waals surface area (Å²) in [6.45, 7) is 4.02. The summed E-state index contributed by atoms with van der Waals surface area (Å²) in [6, 6.07) is 11.6. The molecule has 1 aromatic heterocycles. The molecule has 5 heteroatoms. The van der Waals surface area contributed by atoms with Gasteiger partial charge in [-0.25, -0.2) is 0 Å². The Hall–Kier alpha value is -1.98. The maximum atomic E-state index is 12.7. The molecule has 1 aliphatic rings. The first-order chi connectivity index (χ1) is 10.6. The second-order valence-corrected chi connectivity index (χ2v) is 6.74. The van der Waals surface area contributed by atoms with E-state index in [4.69, 9.17) is 12.2 Å². The predicted octanol–water partition coefficient (Wildman–Crippen LogP) is 4.10. The van der Waals surface area contributed by atoms with Gasteiger partial charge in [-0.15, -0.1) is 0 Å². The smallest absolute Gasteiger partial charge is 0.268 e. The van der Waals surface area contributed by atoms with E-state index in [1.54, 1.807) is 17.2 Å². The SMILES string of the molecule is Cc1ccc(N2C(=O)C(=Cc3ccccn3)SC2=S)c(C)c1. The highest BCUT2D eigenvalue weighted by atomic mass is 32.2. The Morgan fingerprint density at radius 2 is 2.05 bits per heavy atom. The van der Waals surface area contributed by atoms with Crippen molar-refractivity contribution in [3.8, 4) is 0 Å². The third-order valence-electron chi connectivity index (χ3n) is 3.35. The van der Waals surface area contributed by atoms with Crippen molar-refractivity contribution < 1.29 is 4.79 Å². The molecule has 2 heterocycles. The fraction of sp³-hybridized carbons (Fsp3) is 0.118. The summed E-state index contributed by atoms with van der Waals surface area (Å²) in [4.78, 5) is 19.1. The van der Waals surface area contributed by atoms with Gasteiger partial charge in [0, 0.05) is 6.20 Å². The van der Waals surface area contributed by atoms with Crippen LogP contribution in [-0.2, 0) is 4.79 Å². The summed E-state index contributed by atoms with van der Waals surface area (Å²) < 4.78 is 0.555. The first-order valence-corrected chi connectivity index (χ1v) is 8.05. The van der Waals surface area contributed by atoms with Crippen molar-refractivity contribution in [1.29, 1.82) is 0 Å². The van der Waals surface area contributed by atoms with Crippen LogP contribution in [0, 0.1) is 13.8 Å². The first-order valence-electron chi connectivity index (χ1n) is 6.82. The molecule has 22 heavy (non-hydrogen) atoms. The van der Waals surface area contributed by atoms with E-state index < -0.39 is 0 Å². The van der Waals surface area contributed by atoms with E-state index >= 15 is 0 Å². The molecule has 0 radical (unpaired) electrons. The number of pyridine rings is 1. The normalized spacial score (nSPS) is 16.6. The van der Waals surface area contributed by atoms with Gasteiger partial charge in [0.25, 0.3) is 5.91 Å². The van der Waals surface area contributed by atoms with Crippen molar-refractivity contribution in [2.24, 2.45) is 0 Å². The van der Waals surface area contributed by atoms with Gasteiger partial charge < -0.3 is 0 Å². The number of carbonyl (C=O) groups is 1. The fourth-order valence-electron chi connectivity index (χ4n) is 2.33. The van der Waals surface area contributed by atoms with E-state index in [0.717, 1.165) is 22.5 Å². The molecule has 1 saturated heterocycles. The molecule has 2 aromatic rings. The average Bonchev–Trinajstić information content (AvgIpc) is 2.75. The Kier molecular flexibility index (Phi) is 4.09. The number of amides is 1. The standard InChI is InChI=1S/C17H14N2OS2/c1-11-6-7-14(12(2)9-11)19-16(20)15(22-17(19)21)10-13-5-3-4-8-18-13/h3-10H,1-2H3. The Balaban J connectivity index is 1.97. The van der Waals surface area contributed by atoms with Crippen molar-refractivity contribution in [2.75, 3.05) is 4.90 Å². The Bertz CT molecular complexity index is 785. The monoisotopic (exact) mass is 326 g/mol. The molecule has 3 rings (SSSR count). The van der Waals surface area contributed by atoms with Crippen LogP contribution in [0.25, 0.3) is 6.08 Å². The van der Waals surface area contributed by atoms with Gasteiger partial charge in [0.15, 0.2) is 4.32 Å². The molecule has 1 aliphatic heterocycles. The van der Waals surface area contributed by atoms with Gasteiger partial charge >= 0.3 is 0 Å². The molecular weight excluding hydrogens is 312 g/mol. The van der Waals surface area contributed by atoms with Crippen LogP contribution in [0.3, 0.4) is 0 Å². The highest BCUT2D eigenvalue weighted by Gasteiger charge is 2.34. The van der Waals surface area contributed by atoms with Crippen molar-refractivity contribution in [1.82, 2.24) is 4.98 Å². The van der Waals surface area contributed by atoms with Crippen molar-refractivity contribution in [3.63, 3.8) is 0 Å². The van der Waals surface area contributed by atoms with Gasteiger partial charge in [-0.2, -0.15) is 0 Å². The average molecular weight is 326 g/mol. The number of anilines is 1. The lowest BCUT2D eigenvalue weighted by molar-refractivity contribution is -0.113. The summed E-state index contributed by atoms with van der Waals surface area (Å²) in [5, 5.41) is 0. The number of thiocarbonyl (C=S) groups is 1. The molecule has 3 nitrogen and oxygen atoms in total. The van der Waals surface area contributed by atoms with Gasteiger partial charge in [0.2, 0.25) is 0 Å². The van der Waals surface area contributed by atoms with Gasteiger partial charge in [-0.1, -0.05) is 47.7 Å². The molecule has 0 saturated carbocycles. The van der Waals surface area contributed by atoms with Crippen LogP contribution in [0.15, 0.2) is 47.5 Å². The van der Waals surface area contributed by atoms with Gasteiger partial charge in [-0.3, -0.25) is 14.7 Å². The molecule has 0 bridgehead atoms. The topological polar surface area (TPSA) is 33.2 Å². The van der Waals surface area contributed by atoms with E-state index in [0.29, 0.717) is 9.23 Å². The molecule has 1 aromatic carbocycles. The minimum atomic E-state index is -0.0902. The molecule has 0 N–H and O–H groups in total. The zero-order valence-electron chi connectivity index (χ0n) is 12.2. The third-order valence-corrected chi connectivity index (χ3v) is 4.66. The highest BCUT2D eigenvalue weighted by Crippen LogP contribution is 2.37. The minimum absolute atomic E-state index is 0.0902. The number of hydrogen-bond donors (Lipinski definition) is 0. The van der Waals surface area contributed by atoms with Crippen LogP contribution in [-0.4, -0.2) is 15.2 Å². The zero-order valence-corrected chi connectivity index (χ0v) is 13.9. The van der Waals surface area contributed by atoms with Crippen molar-refractivity contribution >= 4 is 46.0 Å². The Labute approximate surface area is 139 Å². The van der Waals surface area contributed by atoms with Crippen LogP contribution in [0.2, 0.25) is 0 Å². The lowest BCUT2D eigenvalue weighted by Crippen LogP contribution is -2.28. The van der Waals surface area contributed by atoms with Crippen LogP contribution in [0.5, 0.6) is 0 Å². The zero-order chi connectivity index (χ0) is 15.7. The summed E-state index contributed by atoms with van der Waals surface area (Å²) >= 11 is 6.71. The summed E-state index contributed by atoms with van der Waals surface area (Å²) in [6.07, 6.45) is 3.49. The molecule has 0 atom stereocenters. The third kappa shape index (κ3) is 2.82. The van der Waals surface area contributed by atoms with E-state index in [2.05, 4.69) is 11.1 Å². The molecule has 110 valence electrons. The number of carbonyl (C=O) groups excluding carboxylic acids is 1. The number of thioether (sulfide) groups is 1. The number of benzene rings is 1. The van der Waals surface area contributed by atoms with Gasteiger partial charge in [-0.05, 0) is 43.7 Å². The van der Waals surface area contributed by atoms with Gasteiger partial charge in [0.05, 0.1) is 16.3 Å². The van der Waals surface area contributed by atoms with E-state index in [9.17, 15) is 4.79 Å². The largest absolute Gasteiger partial charge is 0.270 e. The summed E-state index contributed by atoms with van der Waals surface area (Å²) in [5.74, 6) is -0.0902. The second kappa shape index (κ2) is 6.02. The molecule has 0 aliphatic carbocycles. The number of hydrogen-bond acceptors (Lipinski definition) is 4. The molecule has 0 unspecified atom stereocenters. The summed E-state index contributed by atoms with van der Waals surface area (Å²) in [7, 11) is 0. The Morgan fingerprint density at radius 3 is 2.73 bits per heavy atom. The predicted molar refractivity (Wildman–Crippen MR) is 95.8 cm³/mol. The van der Waals surface area contributed by atoms with Crippen LogP contribution in [0.4, 0.5) is 5.69 Å². The number of nitrogens with zero attached hydrogens (tertiary/aromatic N) is 2. The first kappa shape index (κ1) is 14.9. The maximum Gasteiger partial charge on any atom is 0.270 e. The molecule has 0 spiro atoms. The minimum Gasteiger partial charge on any atom is -0.268 e. The molecule has 1 amide bonds. The van der Waals surface area contributed by atoms with E-state index in [1.807, 2.05) is 44.2 Å². The quantitative estimate of drug-likeness (QED) is 0.614. The molecular formula is C17H14N2OS2. The van der Waals surface area contributed by atoms with Crippen LogP contribution < -0.4 is 4.90 Å². The van der Waals surface area contributed by atoms with Crippen LogP contribution in [0.1, 0.15) is 16.8 Å². The van der Waals surface area contributed by atoms with Gasteiger partial charge in [0.1, 0.15) is 0 Å². The van der Waals surface area contributed by atoms with Crippen molar-refractivity contribution in [2.45, 2.75) is 13.8 Å². The maximum absolute atomic E-state index is 12.7. The van der Waals surface area contributed by atoms with E-state index in [1.165, 1.54) is 11.8 Å². The summed E-state index contributed by atoms with van der Waals surface area (Å²) in [5.41, 5.74) is 3.80. The van der Waals surface area contributed by atoms with E-state index in [-0.39, 0.29) is 5.91 Å². The number of rotatable bonds is 2. The molecule has 1 fully saturated rings. The Morgan fingerprint density at radius 1 is 1.23 bits per heavy atom. The second-order valence-electron chi connectivity index (χ2n) is 5.06. The number of aromatic nitrogens is 1. The fourth-order valence-corrected chi connectivity index (χ4v) is 3.60. The lowest BCUT2D eigenvalue weighted by atomic mass is 10.1.